The zero-order valence-electron chi connectivity index (χ0n) is 11.0. The van der Waals surface area contributed by atoms with E-state index in [0.717, 1.165) is 5.69 Å². The number of halogens is 2. The van der Waals surface area contributed by atoms with Gasteiger partial charge in [-0.05, 0) is 25.5 Å². The van der Waals surface area contributed by atoms with E-state index in [1.54, 1.807) is 30.8 Å². The number of Topliss-reactive ketones (excluding diaryl/α,β-unsaturated/α-hetero) is 1. The van der Waals surface area contributed by atoms with Crippen LogP contribution in [0.3, 0.4) is 0 Å². The van der Waals surface area contributed by atoms with Gasteiger partial charge in [-0.25, -0.2) is 4.39 Å². The van der Waals surface area contributed by atoms with E-state index >= 15 is 0 Å². The Kier molecular flexibility index (Phi) is 3.71. The van der Waals surface area contributed by atoms with E-state index in [-0.39, 0.29) is 17.2 Å². The summed E-state index contributed by atoms with van der Waals surface area (Å²) in [6, 6.07) is 4.48. The van der Waals surface area contributed by atoms with Crippen molar-refractivity contribution in [1.29, 1.82) is 0 Å². The number of hydrogen-bond acceptors (Lipinski definition) is 2. The van der Waals surface area contributed by atoms with Crippen molar-refractivity contribution in [2.45, 2.75) is 20.3 Å². The fourth-order valence-electron chi connectivity index (χ4n) is 2.12. The first kappa shape index (κ1) is 13.7. The van der Waals surface area contributed by atoms with Crippen LogP contribution >= 0.6 is 11.6 Å². The van der Waals surface area contributed by atoms with E-state index in [1.165, 1.54) is 6.07 Å². The highest BCUT2D eigenvalue weighted by molar-refractivity contribution is 6.31. The van der Waals surface area contributed by atoms with Crippen LogP contribution in [0.5, 0.6) is 0 Å². The third-order valence-electron chi connectivity index (χ3n) is 3.17. The first-order valence-electron chi connectivity index (χ1n) is 5.88. The molecule has 0 amide bonds. The molecule has 0 fully saturated rings. The van der Waals surface area contributed by atoms with Crippen molar-refractivity contribution in [1.82, 2.24) is 9.78 Å². The van der Waals surface area contributed by atoms with Gasteiger partial charge >= 0.3 is 0 Å². The summed E-state index contributed by atoms with van der Waals surface area (Å²) in [5.74, 6) is -0.609. The minimum Gasteiger partial charge on any atom is -0.294 e. The van der Waals surface area contributed by atoms with Crippen LogP contribution in [0.1, 0.15) is 27.3 Å². The van der Waals surface area contributed by atoms with Gasteiger partial charge in [-0.15, -0.1) is 0 Å². The average Bonchev–Trinajstić information content (AvgIpc) is 2.59. The van der Waals surface area contributed by atoms with Gasteiger partial charge in [-0.1, -0.05) is 23.7 Å². The van der Waals surface area contributed by atoms with Crippen molar-refractivity contribution < 1.29 is 9.18 Å². The lowest BCUT2D eigenvalue weighted by Crippen LogP contribution is -2.07. The van der Waals surface area contributed by atoms with E-state index in [9.17, 15) is 9.18 Å². The van der Waals surface area contributed by atoms with Crippen molar-refractivity contribution in [3.05, 3.63) is 51.6 Å². The molecule has 0 saturated carbocycles. The predicted molar refractivity (Wildman–Crippen MR) is 72.1 cm³/mol. The summed E-state index contributed by atoms with van der Waals surface area (Å²) in [5, 5.41) is 4.21. The van der Waals surface area contributed by atoms with Crippen LogP contribution in [0.4, 0.5) is 4.39 Å². The molecule has 1 aromatic heterocycles. The number of benzene rings is 1. The van der Waals surface area contributed by atoms with Crippen LogP contribution in [0.2, 0.25) is 5.02 Å². The number of aryl methyl sites for hydroxylation is 2. The van der Waals surface area contributed by atoms with E-state index in [1.807, 2.05) is 6.92 Å². The summed E-state index contributed by atoms with van der Waals surface area (Å²) in [5.41, 5.74) is 2.56. The predicted octanol–water partition coefficient (Wildman–Crippen LogP) is 3.25. The summed E-state index contributed by atoms with van der Waals surface area (Å²) >= 11 is 5.86. The molecule has 0 atom stereocenters. The number of rotatable bonds is 3. The SMILES string of the molecule is Cc1nn(C)c(C)c1C(=O)Cc1cccc(F)c1Cl. The molecule has 5 heteroatoms. The van der Waals surface area contributed by atoms with Crippen molar-refractivity contribution in [2.24, 2.45) is 7.05 Å². The zero-order valence-corrected chi connectivity index (χ0v) is 11.8. The third-order valence-corrected chi connectivity index (χ3v) is 3.59. The molecule has 0 spiro atoms. The number of carbonyl (C=O) groups is 1. The minimum atomic E-state index is -0.508. The Morgan fingerprint density at radius 1 is 1.42 bits per heavy atom. The maximum atomic E-state index is 13.3. The van der Waals surface area contributed by atoms with Gasteiger partial charge < -0.3 is 0 Å². The highest BCUT2D eigenvalue weighted by Gasteiger charge is 2.19. The summed E-state index contributed by atoms with van der Waals surface area (Å²) in [7, 11) is 1.79. The van der Waals surface area contributed by atoms with Crippen LogP contribution in [-0.4, -0.2) is 15.6 Å². The molecule has 0 radical (unpaired) electrons. The van der Waals surface area contributed by atoms with E-state index in [0.29, 0.717) is 16.8 Å². The van der Waals surface area contributed by atoms with Gasteiger partial charge in [0.15, 0.2) is 5.78 Å². The maximum Gasteiger partial charge on any atom is 0.170 e. The first-order valence-corrected chi connectivity index (χ1v) is 6.26. The summed E-state index contributed by atoms with van der Waals surface area (Å²) < 4.78 is 15.0. The minimum absolute atomic E-state index is 0.00930. The Morgan fingerprint density at radius 2 is 2.11 bits per heavy atom. The fourth-order valence-corrected chi connectivity index (χ4v) is 2.32. The lowest BCUT2D eigenvalue weighted by Gasteiger charge is -2.05. The Morgan fingerprint density at radius 3 is 2.68 bits per heavy atom. The van der Waals surface area contributed by atoms with Crippen LogP contribution in [0, 0.1) is 19.7 Å². The van der Waals surface area contributed by atoms with E-state index in [4.69, 9.17) is 11.6 Å². The molecule has 0 saturated heterocycles. The Hall–Kier alpha value is -1.68. The average molecular weight is 281 g/mol. The fraction of sp³-hybridized carbons (Fsp3) is 0.286. The van der Waals surface area contributed by atoms with Crippen molar-refractivity contribution in [3.63, 3.8) is 0 Å². The van der Waals surface area contributed by atoms with Gasteiger partial charge in [0.2, 0.25) is 0 Å². The second kappa shape index (κ2) is 5.13. The monoisotopic (exact) mass is 280 g/mol. The molecular formula is C14H14ClFN2O. The molecule has 0 aliphatic rings. The summed E-state index contributed by atoms with van der Waals surface area (Å²) in [6.45, 7) is 3.62. The lowest BCUT2D eigenvalue weighted by atomic mass is 10.0. The third kappa shape index (κ3) is 2.54. The molecule has 2 aromatic rings. The van der Waals surface area contributed by atoms with Gasteiger partial charge in [-0.3, -0.25) is 9.48 Å². The summed E-state index contributed by atoms with van der Waals surface area (Å²) in [6.07, 6.45) is 0.0734. The van der Waals surface area contributed by atoms with E-state index < -0.39 is 5.82 Å². The number of ketones is 1. The van der Waals surface area contributed by atoms with Gasteiger partial charge in [0.05, 0.1) is 16.3 Å². The molecule has 19 heavy (non-hydrogen) atoms. The molecule has 3 nitrogen and oxygen atoms in total. The molecule has 0 aliphatic heterocycles. The highest BCUT2D eigenvalue weighted by Crippen LogP contribution is 2.22. The number of nitrogens with zero attached hydrogens (tertiary/aromatic N) is 2. The largest absolute Gasteiger partial charge is 0.294 e. The van der Waals surface area contributed by atoms with Gasteiger partial charge in [0.1, 0.15) is 5.82 Å². The second-order valence-electron chi connectivity index (χ2n) is 4.48. The molecule has 100 valence electrons. The standard InChI is InChI=1S/C14H14ClFN2O/c1-8-13(9(2)18(3)17-8)12(19)7-10-5-4-6-11(16)14(10)15/h4-6H,7H2,1-3H3. The van der Waals surface area contributed by atoms with Gasteiger partial charge in [0, 0.05) is 19.2 Å². The quantitative estimate of drug-likeness (QED) is 0.809. The molecule has 0 N–H and O–H groups in total. The topological polar surface area (TPSA) is 34.9 Å². The number of aromatic nitrogens is 2. The molecule has 0 unspecified atom stereocenters. The maximum absolute atomic E-state index is 13.3. The van der Waals surface area contributed by atoms with Gasteiger partial charge in [0.25, 0.3) is 0 Å². The molecule has 2 rings (SSSR count). The Labute approximate surface area is 116 Å². The second-order valence-corrected chi connectivity index (χ2v) is 4.86. The lowest BCUT2D eigenvalue weighted by molar-refractivity contribution is 0.0991. The molecule has 0 bridgehead atoms. The number of hydrogen-bond donors (Lipinski definition) is 0. The Bertz CT molecular complexity index is 649. The molecule has 1 aromatic carbocycles. The summed E-state index contributed by atoms with van der Waals surface area (Å²) in [4.78, 5) is 12.3. The smallest absolute Gasteiger partial charge is 0.170 e. The molecule has 1 heterocycles. The van der Waals surface area contributed by atoms with E-state index in [2.05, 4.69) is 5.10 Å². The van der Waals surface area contributed by atoms with Crippen LogP contribution in [-0.2, 0) is 13.5 Å². The van der Waals surface area contributed by atoms with Crippen molar-refractivity contribution in [3.8, 4) is 0 Å². The van der Waals surface area contributed by atoms with Crippen LogP contribution < -0.4 is 0 Å². The van der Waals surface area contributed by atoms with Crippen molar-refractivity contribution >= 4 is 17.4 Å². The van der Waals surface area contributed by atoms with Gasteiger partial charge in [-0.2, -0.15) is 5.10 Å². The number of carbonyl (C=O) groups excluding carboxylic acids is 1. The molecular weight excluding hydrogens is 267 g/mol. The van der Waals surface area contributed by atoms with Crippen molar-refractivity contribution in [2.75, 3.05) is 0 Å². The first-order chi connectivity index (χ1) is 8.91. The van der Waals surface area contributed by atoms with Crippen LogP contribution in [0.25, 0.3) is 0 Å². The van der Waals surface area contributed by atoms with Crippen LogP contribution in [0.15, 0.2) is 18.2 Å². The molecule has 0 aliphatic carbocycles. The highest BCUT2D eigenvalue weighted by atomic mass is 35.5. The Balaban J connectivity index is 2.34. The zero-order chi connectivity index (χ0) is 14.2. The normalized spacial score (nSPS) is 10.8.